The summed E-state index contributed by atoms with van der Waals surface area (Å²) in [5, 5.41) is 6.60. The fourth-order valence-electron chi connectivity index (χ4n) is 1.74. The Hall–Kier alpha value is -2.24. The third-order valence-corrected chi connectivity index (χ3v) is 2.75. The highest BCUT2D eigenvalue weighted by Crippen LogP contribution is 2.10. The lowest BCUT2D eigenvalue weighted by Crippen LogP contribution is -2.37. The number of hydrogen-bond donors (Lipinski definition) is 1. The highest BCUT2D eigenvalue weighted by atomic mass is 16.2. The van der Waals surface area contributed by atoms with Gasteiger partial charge in [0.05, 0.1) is 0 Å². The van der Waals surface area contributed by atoms with Crippen molar-refractivity contribution in [2.24, 2.45) is 0 Å². The summed E-state index contributed by atoms with van der Waals surface area (Å²) in [6.45, 7) is 6.20. The molecule has 19 heavy (non-hydrogen) atoms. The monoisotopic (exact) mass is 259 g/mol. The highest BCUT2D eigenvalue weighted by Gasteiger charge is 2.22. The molecule has 0 fully saturated rings. The average molecular weight is 259 g/mol. The molecule has 0 spiro atoms. The highest BCUT2D eigenvalue weighted by molar-refractivity contribution is 5.90. The van der Waals surface area contributed by atoms with Crippen LogP contribution in [0.25, 0.3) is 0 Å². The lowest BCUT2D eigenvalue weighted by molar-refractivity contribution is 0.0678. The maximum absolute atomic E-state index is 12.4. The number of aromatic nitrogens is 4. The third-order valence-electron chi connectivity index (χ3n) is 2.75. The van der Waals surface area contributed by atoms with Crippen LogP contribution in [0, 0.1) is 6.92 Å². The van der Waals surface area contributed by atoms with Crippen LogP contribution in [-0.2, 0) is 6.54 Å². The quantitative estimate of drug-likeness (QED) is 0.904. The van der Waals surface area contributed by atoms with Crippen molar-refractivity contribution in [3.05, 3.63) is 41.7 Å². The molecule has 0 radical (unpaired) electrons. The number of H-pyrrole nitrogens is 1. The van der Waals surface area contributed by atoms with Crippen LogP contribution in [0.5, 0.6) is 0 Å². The van der Waals surface area contributed by atoms with Gasteiger partial charge in [0.15, 0.2) is 0 Å². The molecular weight excluding hydrogens is 242 g/mol. The summed E-state index contributed by atoms with van der Waals surface area (Å²) in [4.78, 5) is 22.2. The summed E-state index contributed by atoms with van der Waals surface area (Å²) in [5.41, 5.74) is 0.983. The van der Waals surface area contributed by atoms with Crippen LogP contribution in [0.4, 0.5) is 0 Å². The van der Waals surface area contributed by atoms with Crippen LogP contribution in [0.3, 0.4) is 0 Å². The number of aryl methyl sites for hydroxylation is 1. The van der Waals surface area contributed by atoms with Crippen molar-refractivity contribution >= 4 is 5.91 Å². The molecule has 100 valence electrons. The van der Waals surface area contributed by atoms with Crippen LogP contribution in [0.2, 0.25) is 0 Å². The number of nitrogens with zero attached hydrogens (tertiary/aromatic N) is 4. The van der Waals surface area contributed by atoms with Crippen LogP contribution < -0.4 is 0 Å². The predicted octanol–water partition coefficient (Wildman–Crippen LogP) is 1.56. The van der Waals surface area contributed by atoms with Gasteiger partial charge in [0.1, 0.15) is 5.82 Å². The molecule has 2 rings (SSSR count). The van der Waals surface area contributed by atoms with E-state index in [1.54, 1.807) is 24.2 Å². The van der Waals surface area contributed by atoms with E-state index in [0.717, 1.165) is 5.56 Å². The Morgan fingerprint density at radius 1 is 1.47 bits per heavy atom. The third kappa shape index (κ3) is 3.15. The fraction of sp³-hybridized carbons (Fsp3) is 0.385. The molecule has 0 aromatic carbocycles. The number of amides is 1. The Balaban J connectivity index is 2.19. The minimum Gasteiger partial charge on any atom is -0.329 e. The van der Waals surface area contributed by atoms with E-state index < -0.39 is 0 Å². The predicted molar refractivity (Wildman–Crippen MR) is 70.4 cm³/mol. The molecule has 0 saturated carbocycles. The minimum absolute atomic E-state index is 0.0616. The number of hydrogen-bond acceptors (Lipinski definition) is 4. The van der Waals surface area contributed by atoms with Crippen molar-refractivity contribution in [3.63, 3.8) is 0 Å². The molecule has 6 heteroatoms. The van der Waals surface area contributed by atoms with Crippen molar-refractivity contribution in [2.75, 3.05) is 0 Å². The van der Waals surface area contributed by atoms with Gasteiger partial charge in [-0.05, 0) is 32.4 Å². The van der Waals surface area contributed by atoms with E-state index in [1.807, 2.05) is 26.0 Å². The van der Waals surface area contributed by atoms with Crippen molar-refractivity contribution < 1.29 is 4.79 Å². The van der Waals surface area contributed by atoms with E-state index in [1.165, 1.54) is 0 Å². The Kier molecular flexibility index (Phi) is 3.89. The number of pyridine rings is 1. The van der Waals surface area contributed by atoms with Crippen LogP contribution in [0.15, 0.2) is 24.5 Å². The number of nitrogens with one attached hydrogen (secondary N) is 1. The molecule has 2 aromatic heterocycles. The molecule has 0 unspecified atom stereocenters. The zero-order valence-corrected chi connectivity index (χ0v) is 11.3. The van der Waals surface area contributed by atoms with Gasteiger partial charge >= 0.3 is 0 Å². The first-order valence-electron chi connectivity index (χ1n) is 6.17. The Morgan fingerprint density at radius 3 is 2.79 bits per heavy atom. The Morgan fingerprint density at radius 2 is 2.26 bits per heavy atom. The van der Waals surface area contributed by atoms with Gasteiger partial charge in [-0.25, -0.2) is 4.98 Å². The second-order valence-electron chi connectivity index (χ2n) is 4.63. The molecule has 0 bridgehead atoms. The molecule has 2 aromatic rings. The van der Waals surface area contributed by atoms with Crippen molar-refractivity contribution in [1.29, 1.82) is 0 Å². The molecule has 0 aliphatic carbocycles. The van der Waals surface area contributed by atoms with Crippen LogP contribution in [0.1, 0.15) is 35.9 Å². The van der Waals surface area contributed by atoms with E-state index >= 15 is 0 Å². The van der Waals surface area contributed by atoms with Crippen LogP contribution >= 0.6 is 0 Å². The summed E-state index contributed by atoms with van der Waals surface area (Å²) in [5.74, 6) is 0.659. The lowest BCUT2D eigenvalue weighted by Gasteiger charge is -2.25. The number of carbonyl (C=O) groups excluding carboxylic acids is 1. The Labute approximate surface area is 111 Å². The zero-order valence-electron chi connectivity index (χ0n) is 11.3. The van der Waals surface area contributed by atoms with E-state index in [-0.39, 0.29) is 17.8 Å². The SMILES string of the molecule is Cc1nc(C(=O)N(Cc2cccnc2)C(C)C)n[nH]1. The maximum atomic E-state index is 12.4. The number of rotatable bonds is 4. The van der Waals surface area contributed by atoms with Gasteiger partial charge in [0, 0.05) is 25.0 Å². The lowest BCUT2D eigenvalue weighted by atomic mass is 10.2. The number of aromatic amines is 1. The molecule has 0 aliphatic rings. The second-order valence-corrected chi connectivity index (χ2v) is 4.63. The van der Waals surface area contributed by atoms with Gasteiger partial charge in [-0.2, -0.15) is 0 Å². The van der Waals surface area contributed by atoms with E-state index in [4.69, 9.17) is 0 Å². The second kappa shape index (κ2) is 5.60. The number of carbonyl (C=O) groups is 1. The maximum Gasteiger partial charge on any atom is 0.294 e. The molecule has 2 heterocycles. The molecule has 6 nitrogen and oxygen atoms in total. The summed E-state index contributed by atoms with van der Waals surface area (Å²) >= 11 is 0. The largest absolute Gasteiger partial charge is 0.329 e. The van der Waals surface area contributed by atoms with E-state index in [9.17, 15) is 4.79 Å². The van der Waals surface area contributed by atoms with Crippen molar-refractivity contribution in [3.8, 4) is 0 Å². The first-order chi connectivity index (χ1) is 9.08. The van der Waals surface area contributed by atoms with Gasteiger partial charge < -0.3 is 4.90 Å². The molecule has 0 atom stereocenters. The molecule has 0 aliphatic heterocycles. The van der Waals surface area contributed by atoms with E-state index in [0.29, 0.717) is 12.4 Å². The van der Waals surface area contributed by atoms with Crippen molar-refractivity contribution in [2.45, 2.75) is 33.4 Å². The smallest absolute Gasteiger partial charge is 0.294 e. The Bertz CT molecular complexity index is 549. The van der Waals surface area contributed by atoms with Gasteiger partial charge in [0.2, 0.25) is 5.82 Å². The summed E-state index contributed by atoms with van der Waals surface area (Å²) in [7, 11) is 0. The normalized spacial score (nSPS) is 10.7. The topological polar surface area (TPSA) is 74.8 Å². The van der Waals surface area contributed by atoms with Gasteiger partial charge in [-0.1, -0.05) is 6.07 Å². The summed E-state index contributed by atoms with van der Waals surface area (Å²) < 4.78 is 0. The molecule has 0 saturated heterocycles. The summed E-state index contributed by atoms with van der Waals surface area (Å²) in [6.07, 6.45) is 3.47. The minimum atomic E-state index is -0.178. The molecule has 1 N–H and O–H groups in total. The molecule has 1 amide bonds. The molecular formula is C13H17N5O. The first-order valence-corrected chi connectivity index (χ1v) is 6.17. The van der Waals surface area contributed by atoms with Gasteiger partial charge in [0.25, 0.3) is 5.91 Å². The van der Waals surface area contributed by atoms with Crippen LogP contribution in [-0.4, -0.2) is 37.0 Å². The standard InChI is InChI=1S/C13H17N5O/c1-9(2)18(8-11-5-4-6-14-7-11)13(19)12-15-10(3)16-17-12/h4-7,9H,8H2,1-3H3,(H,15,16,17). The zero-order chi connectivity index (χ0) is 13.8. The van der Waals surface area contributed by atoms with Gasteiger partial charge in [-0.3, -0.25) is 14.9 Å². The van der Waals surface area contributed by atoms with E-state index in [2.05, 4.69) is 20.2 Å². The fourth-order valence-corrected chi connectivity index (χ4v) is 1.74. The summed E-state index contributed by atoms with van der Waals surface area (Å²) in [6, 6.07) is 3.86. The van der Waals surface area contributed by atoms with Crippen molar-refractivity contribution in [1.82, 2.24) is 25.1 Å². The van der Waals surface area contributed by atoms with Gasteiger partial charge in [-0.15, -0.1) is 5.10 Å². The average Bonchev–Trinajstić information content (AvgIpc) is 2.83. The first kappa shape index (κ1) is 13.2.